The van der Waals surface area contributed by atoms with Gasteiger partial charge in [0.25, 0.3) is 0 Å². The number of nitrogens with one attached hydrogen (secondary N) is 1. The molecule has 2 aromatic rings. The summed E-state index contributed by atoms with van der Waals surface area (Å²) in [6.07, 6.45) is 10.4. The molecule has 0 saturated heterocycles. The predicted octanol–water partition coefficient (Wildman–Crippen LogP) is 4.63. The van der Waals surface area contributed by atoms with Gasteiger partial charge in [0.05, 0.1) is 5.54 Å². The van der Waals surface area contributed by atoms with Crippen LogP contribution < -0.4 is 11.1 Å². The van der Waals surface area contributed by atoms with Crippen LogP contribution in [0.4, 0.5) is 5.69 Å². The molecule has 0 aliphatic heterocycles. The van der Waals surface area contributed by atoms with Crippen LogP contribution in [0.5, 0.6) is 0 Å². The van der Waals surface area contributed by atoms with Gasteiger partial charge in [0.2, 0.25) is 0 Å². The molecule has 4 bridgehead atoms. The Balaban J connectivity index is 1.34. The van der Waals surface area contributed by atoms with Crippen molar-refractivity contribution in [3.8, 4) is 0 Å². The van der Waals surface area contributed by atoms with Crippen molar-refractivity contribution >= 4 is 22.4 Å². The number of anilines is 1. The Kier molecular flexibility index (Phi) is 3.04. The maximum Gasteiger partial charge on any atom is 0.193 e. The summed E-state index contributed by atoms with van der Waals surface area (Å²) >= 11 is 0. The van der Waals surface area contributed by atoms with Crippen molar-refractivity contribution in [2.24, 2.45) is 28.5 Å². The van der Waals surface area contributed by atoms with Crippen molar-refractivity contribution in [2.75, 3.05) is 5.32 Å². The van der Waals surface area contributed by atoms with Gasteiger partial charge in [-0.1, -0.05) is 24.3 Å². The SMILES string of the molecule is NC(=NC12CC3CC(CC(C3)C1)C2)Nc1ccc2c3c(cccc13)CC2. The number of nitrogens with two attached hydrogens (primary N) is 1. The minimum Gasteiger partial charge on any atom is -0.370 e. The van der Waals surface area contributed by atoms with E-state index in [0.29, 0.717) is 5.96 Å². The van der Waals surface area contributed by atoms with Crippen LogP contribution in [0.2, 0.25) is 0 Å². The second-order valence-electron chi connectivity index (χ2n) is 9.38. The van der Waals surface area contributed by atoms with Gasteiger partial charge in [-0.2, -0.15) is 0 Å². The molecule has 3 N–H and O–H groups in total. The van der Waals surface area contributed by atoms with E-state index in [9.17, 15) is 0 Å². The highest BCUT2D eigenvalue weighted by atomic mass is 15.1. The molecule has 0 aromatic heterocycles. The molecule has 5 aliphatic rings. The van der Waals surface area contributed by atoms with E-state index in [2.05, 4.69) is 35.6 Å². The maximum absolute atomic E-state index is 6.45. The quantitative estimate of drug-likeness (QED) is 0.616. The minimum atomic E-state index is 0.126. The van der Waals surface area contributed by atoms with E-state index < -0.39 is 0 Å². The lowest BCUT2D eigenvalue weighted by Crippen LogP contribution is -2.50. The zero-order valence-electron chi connectivity index (χ0n) is 15.3. The monoisotopic (exact) mass is 345 g/mol. The largest absolute Gasteiger partial charge is 0.370 e. The van der Waals surface area contributed by atoms with E-state index in [-0.39, 0.29) is 5.54 Å². The molecule has 0 amide bonds. The number of rotatable bonds is 2. The van der Waals surface area contributed by atoms with Gasteiger partial charge in [0.15, 0.2) is 5.96 Å². The van der Waals surface area contributed by atoms with Crippen molar-refractivity contribution in [1.82, 2.24) is 0 Å². The van der Waals surface area contributed by atoms with Gasteiger partial charge in [-0.05, 0) is 91.7 Å². The van der Waals surface area contributed by atoms with Gasteiger partial charge in [-0.15, -0.1) is 0 Å². The van der Waals surface area contributed by atoms with Crippen LogP contribution in [0.3, 0.4) is 0 Å². The number of hydrogen-bond acceptors (Lipinski definition) is 1. The Bertz CT molecular complexity index is 881. The van der Waals surface area contributed by atoms with Crippen LogP contribution >= 0.6 is 0 Å². The average molecular weight is 345 g/mol. The Labute approximate surface area is 155 Å². The molecule has 5 aliphatic carbocycles. The van der Waals surface area contributed by atoms with E-state index in [1.807, 2.05) is 0 Å². The minimum absolute atomic E-state index is 0.126. The van der Waals surface area contributed by atoms with Crippen LogP contribution in [0.1, 0.15) is 49.7 Å². The summed E-state index contributed by atoms with van der Waals surface area (Å²) < 4.78 is 0. The fourth-order valence-corrected chi connectivity index (χ4v) is 6.98. The van der Waals surface area contributed by atoms with Crippen LogP contribution in [0.25, 0.3) is 10.8 Å². The molecule has 3 heteroatoms. The summed E-state index contributed by atoms with van der Waals surface area (Å²) in [6.45, 7) is 0. The van der Waals surface area contributed by atoms with Crippen LogP contribution in [-0.2, 0) is 12.8 Å². The van der Waals surface area contributed by atoms with Crippen LogP contribution in [-0.4, -0.2) is 11.5 Å². The van der Waals surface area contributed by atoms with Gasteiger partial charge >= 0.3 is 0 Å². The van der Waals surface area contributed by atoms with E-state index >= 15 is 0 Å². The van der Waals surface area contributed by atoms with Crippen molar-refractivity contribution < 1.29 is 0 Å². The molecule has 2 aromatic carbocycles. The van der Waals surface area contributed by atoms with Gasteiger partial charge in [-0.3, -0.25) is 0 Å². The first-order chi connectivity index (χ1) is 12.7. The first-order valence-corrected chi connectivity index (χ1v) is 10.3. The highest BCUT2D eigenvalue weighted by molar-refractivity contribution is 6.05. The van der Waals surface area contributed by atoms with E-state index in [0.717, 1.165) is 36.3 Å². The summed E-state index contributed by atoms with van der Waals surface area (Å²) in [5.74, 6) is 3.31. The van der Waals surface area contributed by atoms with Gasteiger partial charge in [0, 0.05) is 11.1 Å². The lowest BCUT2D eigenvalue weighted by molar-refractivity contribution is 0.00164. The third kappa shape index (κ3) is 2.22. The Morgan fingerprint density at radius 1 is 0.923 bits per heavy atom. The number of aryl methyl sites for hydroxylation is 2. The van der Waals surface area contributed by atoms with Crippen LogP contribution in [0, 0.1) is 17.8 Å². The summed E-state index contributed by atoms with van der Waals surface area (Å²) in [5.41, 5.74) is 10.6. The predicted molar refractivity (Wildman–Crippen MR) is 108 cm³/mol. The molecule has 0 spiro atoms. The lowest BCUT2D eigenvalue weighted by Gasteiger charge is -2.54. The van der Waals surface area contributed by atoms with E-state index in [4.69, 9.17) is 10.7 Å². The average Bonchev–Trinajstić information content (AvgIpc) is 3.00. The molecule has 26 heavy (non-hydrogen) atoms. The first kappa shape index (κ1) is 15.1. The Hall–Kier alpha value is -2.03. The highest BCUT2D eigenvalue weighted by Gasteiger charge is 2.51. The summed E-state index contributed by atoms with van der Waals surface area (Å²) in [6, 6.07) is 11.1. The molecule has 7 rings (SSSR count). The molecule has 0 radical (unpaired) electrons. The maximum atomic E-state index is 6.45. The molecular formula is C23H27N3. The number of guanidine groups is 1. The topological polar surface area (TPSA) is 50.4 Å². The number of benzene rings is 2. The van der Waals surface area contributed by atoms with E-state index in [1.54, 1.807) is 0 Å². The summed E-state index contributed by atoms with van der Waals surface area (Å²) in [5, 5.41) is 6.19. The zero-order chi connectivity index (χ0) is 17.3. The smallest absolute Gasteiger partial charge is 0.193 e. The molecule has 0 atom stereocenters. The van der Waals surface area contributed by atoms with Gasteiger partial charge < -0.3 is 11.1 Å². The fourth-order valence-electron chi connectivity index (χ4n) is 6.98. The third-order valence-electron chi connectivity index (χ3n) is 7.50. The standard InChI is InChI=1S/C23H27N3/c24-22(26-23-11-14-8-15(12-23)10-16(9-14)13-23)25-20-7-6-18-5-4-17-2-1-3-19(20)21(17)18/h1-3,6-7,14-16H,4-5,8-13H2,(H3,24,25,26). The van der Waals surface area contributed by atoms with Gasteiger partial charge in [0.1, 0.15) is 0 Å². The Morgan fingerprint density at radius 3 is 2.27 bits per heavy atom. The number of nitrogens with zero attached hydrogens (tertiary/aromatic N) is 1. The second-order valence-corrected chi connectivity index (χ2v) is 9.38. The summed E-state index contributed by atoms with van der Waals surface area (Å²) in [4.78, 5) is 5.11. The zero-order valence-corrected chi connectivity index (χ0v) is 15.3. The molecular weight excluding hydrogens is 318 g/mol. The Morgan fingerprint density at radius 2 is 1.58 bits per heavy atom. The molecule has 0 unspecified atom stereocenters. The molecule has 134 valence electrons. The fraction of sp³-hybridized carbons (Fsp3) is 0.522. The van der Waals surface area contributed by atoms with Crippen molar-refractivity contribution in [3.63, 3.8) is 0 Å². The normalized spacial score (nSPS) is 34.6. The van der Waals surface area contributed by atoms with Crippen LogP contribution in [0.15, 0.2) is 35.3 Å². The second kappa shape index (κ2) is 5.25. The van der Waals surface area contributed by atoms with Crippen molar-refractivity contribution in [1.29, 1.82) is 0 Å². The van der Waals surface area contributed by atoms with Gasteiger partial charge in [-0.25, -0.2) is 4.99 Å². The van der Waals surface area contributed by atoms with E-state index in [1.165, 1.54) is 60.4 Å². The first-order valence-electron chi connectivity index (χ1n) is 10.3. The molecule has 4 saturated carbocycles. The van der Waals surface area contributed by atoms with Crippen molar-refractivity contribution in [2.45, 2.75) is 56.9 Å². The van der Waals surface area contributed by atoms with Crippen molar-refractivity contribution in [3.05, 3.63) is 41.5 Å². The number of aliphatic imine (C=N–C) groups is 1. The highest BCUT2D eigenvalue weighted by Crippen LogP contribution is 2.57. The number of hydrogen-bond donors (Lipinski definition) is 2. The molecule has 0 heterocycles. The molecule has 3 nitrogen and oxygen atoms in total. The molecule has 4 fully saturated rings. The summed E-state index contributed by atoms with van der Waals surface area (Å²) in [7, 11) is 0. The lowest BCUT2D eigenvalue weighted by atomic mass is 9.53. The third-order valence-corrected chi connectivity index (χ3v) is 7.50.